The molecule has 0 aromatic carbocycles. The van der Waals surface area contributed by atoms with Gasteiger partial charge in [-0.05, 0) is 57.2 Å². The Bertz CT molecular complexity index is 1170. The zero-order valence-corrected chi connectivity index (χ0v) is 22.6. The van der Waals surface area contributed by atoms with Gasteiger partial charge in [-0.25, -0.2) is 9.97 Å². The first-order chi connectivity index (χ1) is 17.6. The van der Waals surface area contributed by atoms with Crippen LogP contribution in [0.3, 0.4) is 0 Å². The van der Waals surface area contributed by atoms with Gasteiger partial charge in [0, 0.05) is 77.3 Å². The summed E-state index contributed by atoms with van der Waals surface area (Å²) >= 11 is 1.78. The summed E-state index contributed by atoms with van der Waals surface area (Å²) in [6.07, 6.45) is 8.28. The highest BCUT2D eigenvalue weighted by molar-refractivity contribution is 7.17. The van der Waals surface area contributed by atoms with Crippen LogP contribution in [0, 0.1) is 19.8 Å². The fourth-order valence-electron chi connectivity index (χ4n) is 5.95. The van der Waals surface area contributed by atoms with E-state index >= 15 is 0 Å². The summed E-state index contributed by atoms with van der Waals surface area (Å²) in [6.45, 7) is 14.8. The molecule has 194 valence electrons. The number of nitrogens with zero attached hydrogens (tertiary/aromatic N) is 7. The number of aromatic nitrogens is 4. The van der Waals surface area contributed by atoms with Gasteiger partial charge in [-0.2, -0.15) is 4.98 Å². The van der Waals surface area contributed by atoms with Crippen molar-refractivity contribution in [2.75, 3.05) is 63.9 Å². The van der Waals surface area contributed by atoms with Gasteiger partial charge in [-0.15, -0.1) is 11.3 Å². The molecular weight excluding hydrogens is 470 g/mol. The number of ether oxygens (including phenoxy) is 1. The molecule has 0 aliphatic carbocycles. The standard InChI is InChI=1S/C27H39N7OS/c1-20-16-34(21(2)28-20)26-25-24(29-27(30-26)33-8-4-3-5-9-33)23(19-36-25)18-32-12-10-31(11-13-32)17-22-6-14-35-15-7-22/h16,19,22H,3-15,17-18H2,1-2H3. The third-order valence-electron chi connectivity index (χ3n) is 8.05. The van der Waals surface area contributed by atoms with Crippen LogP contribution in [0.1, 0.15) is 49.2 Å². The molecule has 3 aromatic rings. The number of rotatable bonds is 6. The van der Waals surface area contributed by atoms with Crippen LogP contribution in [-0.4, -0.2) is 88.3 Å². The van der Waals surface area contributed by atoms with Gasteiger partial charge in [-0.3, -0.25) is 9.47 Å². The maximum Gasteiger partial charge on any atom is 0.227 e. The number of piperazine rings is 1. The molecule has 6 rings (SSSR count). The van der Waals surface area contributed by atoms with Crippen molar-refractivity contribution in [3.63, 3.8) is 0 Å². The number of aryl methyl sites for hydroxylation is 2. The molecule has 0 saturated carbocycles. The van der Waals surface area contributed by atoms with E-state index < -0.39 is 0 Å². The van der Waals surface area contributed by atoms with Crippen LogP contribution >= 0.6 is 11.3 Å². The summed E-state index contributed by atoms with van der Waals surface area (Å²) < 4.78 is 8.87. The van der Waals surface area contributed by atoms with Crippen molar-refractivity contribution in [3.05, 3.63) is 28.7 Å². The highest BCUT2D eigenvalue weighted by Gasteiger charge is 2.24. The molecule has 0 bridgehead atoms. The molecule has 0 spiro atoms. The van der Waals surface area contributed by atoms with E-state index in [1.807, 2.05) is 0 Å². The summed E-state index contributed by atoms with van der Waals surface area (Å²) in [5.41, 5.74) is 3.49. The van der Waals surface area contributed by atoms with E-state index in [2.05, 4.69) is 49.7 Å². The zero-order chi connectivity index (χ0) is 24.5. The SMILES string of the molecule is Cc1cn(-c2nc(N3CCCCC3)nc3c(CN4CCN(CC5CCOCC5)CC4)csc23)c(C)n1. The quantitative estimate of drug-likeness (QED) is 0.497. The van der Waals surface area contributed by atoms with E-state index in [-0.39, 0.29) is 0 Å². The summed E-state index contributed by atoms with van der Waals surface area (Å²) in [4.78, 5) is 22.6. The van der Waals surface area contributed by atoms with E-state index in [9.17, 15) is 0 Å². The van der Waals surface area contributed by atoms with Crippen molar-refractivity contribution < 1.29 is 4.74 Å². The lowest BCUT2D eigenvalue weighted by atomic mass is 9.99. The Morgan fingerprint density at radius 2 is 1.67 bits per heavy atom. The van der Waals surface area contributed by atoms with Crippen LogP contribution in [0.15, 0.2) is 11.6 Å². The molecule has 6 heterocycles. The average Bonchev–Trinajstić information content (AvgIpc) is 3.47. The van der Waals surface area contributed by atoms with Crippen molar-refractivity contribution in [3.8, 4) is 5.82 Å². The molecule has 3 saturated heterocycles. The molecule has 8 nitrogen and oxygen atoms in total. The Morgan fingerprint density at radius 3 is 2.39 bits per heavy atom. The monoisotopic (exact) mass is 509 g/mol. The molecule has 36 heavy (non-hydrogen) atoms. The highest BCUT2D eigenvalue weighted by atomic mass is 32.1. The van der Waals surface area contributed by atoms with Gasteiger partial charge < -0.3 is 14.5 Å². The lowest BCUT2D eigenvalue weighted by Gasteiger charge is -2.37. The number of anilines is 1. The van der Waals surface area contributed by atoms with Gasteiger partial charge >= 0.3 is 0 Å². The largest absolute Gasteiger partial charge is 0.381 e. The van der Waals surface area contributed by atoms with Crippen molar-refractivity contribution in [2.24, 2.45) is 5.92 Å². The maximum absolute atomic E-state index is 5.55. The van der Waals surface area contributed by atoms with Crippen LogP contribution < -0.4 is 4.90 Å². The van der Waals surface area contributed by atoms with Crippen molar-refractivity contribution >= 4 is 27.5 Å². The van der Waals surface area contributed by atoms with E-state index in [4.69, 9.17) is 14.7 Å². The molecular formula is C27H39N7OS. The number of imidazole rings is 1. The average molecular weight is 510 g/mol. The van der Waals surface area contributed by atoms with Crippen molar-refractivity contribution in [2.45, 2.75) is 52.5 Å². The number of thiophene rings is 1. The Labute approximate surface area is 218 Å². The second-order valence-corrected chi connectivity index (χ2v) is 11.6. The molecule has 3 fully saturated rings. The third kappa shape index (κ3) is 5.16. The van der Waals surface area contributed by atoms with Gasteiger partial charge in [0.1, 0.15) is 5.82 Å². The molecule has 0 amide bonds. The molecule has 0 unspecified atom stereocenters. The first-order valence-corrected chi connectivity index (χ1v) is 14.6. The van der Waals surface area contributed by atoms with Gasteiger partial charge in [-0.1, -0.05) is 0 Å². The maximum atomic E-state index is 5.55. The molecule has 0 atom stereocenters. The minimum absolute atomic E-state index is 0.810. The Balaban J connectivity index is 1.23. The third-order valence-corrected chi connectivity index (χ3v) is 9.06. The predicted molar refractivity (Wildman–Crippen MR) is 145 cm³/mol. The minimum Gasteiger partial charge on any atom is -0.381 e. The van der Waals surface area contributed by atoms with Crippen LogP contribution in [-0.2, 0) is 11.3 Å². The van der Waals surface area contributed by atoms with E-state index in [0.29, 0.717) is 0 Å². The van der Waals surface area contributed by atoms with Gasteiger partial charge in [0.25, 0.3) is 0 Å². The number of hydrogen-bond donors (Lipinski definition) is 0. The summed E-state index contributed by atoms with van der Waals surface area (Å²) in [7, 11) is 0. The summed E-state index contributed by atoms with van der Waals surface area (Å²) in [6, 6.07) is 0. The predicted octanol–water partition coefficient (Wildman–Crippen LogP) is 4.03. The second kappa shape index (κ2) is 10.7. The second-order valence-electron chi connectivity index (χ2n) is 10.8. The molecule has 3 aromatic heterocycles. The van der Waals surface area contributed by atoms with E-state index in [1.165, 1.54) is 48.9 Å². The number of hydrogen-bond acceptors (Lipinski definition) is 8. The first-order valence-electron chi connectivity index (χ1n) is 13.7. The fraction of sp³-hybridized carbons (Fsp3) is 0.667. The Hall–Kier alpha value is -2.07. The van der Waals surface area contributed by atoms with Gasteiger partial charge in [0.15, 0.2) is 5.82 Å². The lowest BCUT2D eigenvalue weighted by molar-refractivity contribution is 0.0415. The van der Waals surface area contributed by atoms with Crippen LogP contribution in [0.25, 0.3) is 16.0 Å². The topological polar surface area (TPSA) is 62.6 Å². The van der Waals surface area contributed by atoms with Crippen molar-refractivity contribution in [1.29, 1.82) is 0 Å². The van der Waals surface area contributed by atoms with Crippen LogP contribution in [0.2, 0.25) is 0 Å². The Kier molecular flexibility index (Phi) is 7.24. The smallest absolute Gasteiger partial charge is 0.227 e. The minimum atomic E-state index is 0.810. The summed E-state index contributed by atoms with van der Waals surface area (Å²) in [5.74, 6) is 3.65. The van der Waals surface area contributed by atoms with Crippen LogP contribution in [0.4, 0.5) is 5.95 Å². The first kappa shape index (κ1) is 24.3. The van der Waals surface area contributed by atoms with Crippen LogP contribution in [0.5, 0.6) is 0 Å². The molecule has 0 N–H and O–H groups in total. The lowest BCUT2D eigenvalue weighted by Crippen LogP contribution is -2.47. The molecule has 9 heteroatoms. The fourth-order valence-corrected chi connectivity index (χ4v) is 6.93. The number of fused-ring (bicyclic) bond motifs is 1. The number of piperidine rings is 1. The van der Waals surface area contributed by atoms with E-state index in [1.54, 1.807) is 11.3 Å². The zero-order valence-electron chi connectivity index (χ0n) is 21.8. The molecule has 3 aliphatic rings. The molecule has 3 aliphatic heterocycles. The van der Waals surface area contributed by atoms with Gasteiger partial charge in [0.05, 0.1) is 15.9 Å². The van der Waals surface area contributed by atoms with Gasteiger partial charge in [0.2, 0.25) is 5.95 Å². The normalized spacial score (nSPS) is 21.0. The molecule has 0 radical (unpaired) electrons. The van der Waals surface area contributed by atoms with Crippen molar-refractivity contribution in [1.82, 2.24) is 29.3 Å². The summed E-state index contributed by atoms with van der Waals surface area (Å²) in [5, 5.41) is 2.32. The highest BCUT2D eigenvalue weighted by Crippen LogP contribution is 2.33. The Morgan fingerprint density at radius 1 is 0.917 bits per heavy atom. The van der Waals surface area contributed by atoms with E-state index in [0.717, 1.165) is 93.7 Å².